The second kappa shape index (κ2) is 7.08. The molecule has 1 fully saturated rings. The van der Waals surface area contributed by atoms with Gasteiger partial charge in [-0.25, -0.2) is 4.79 Å². The Balaban J connectivity index is 2.04. The number of benzene rings is 1. The Morgan fingerprint density at radius 2 is 1.83 bits per heavy atom. The summed E-state index contributed by atoms with van der Waals surface area (Å²) in [6.07, 6.45) is 0. The average molecular weight is 320 g/mol. The molecule has 8 heteroatoms. The normalized spacial score (nSPS) is 14.5. The minimum atomic E-state index is -0.487. The third-order valence-corrected chi connectivity index (χ3v) is 3.83. The monoisotopic (exact) mass is 320 g/mol. The molecule has 0 atom stereocenters. The molecule has 0 aromatic heterocycles. The first-order chi connectivity index (χ1) is 10.9. The molecule has 2 rings (SSSR count). The van der Waals surface area contributed by atoms with Gasteiger partial charge >= 0.3 is 6.03 Å². The molecule has 0 saturated carbocycles. The first kappa shape index (κ1) is 16.7. The van der Waals surface area contributed by atoms with Gasteiger partial charge in [-0.05, 0) is 19.9 Å². The molecule has 1 aromatic rings. The van der Waals surface area contributed by atoms with Gasteiger partial charge in [-0.15, -0.1) is 0 Å². The fraction of sp³-hybridized carbons (Fsp3) is 0.467. The van der Waals surface area contributed by atoms with Crippen molar-refractivity contribution in [3.05, 3.63) is 39.4 Å². The molecule has 0 aliphatic carbocycles. The van der Waals surface area contributed by atoms with Crippen molar-refractivity contribution in [1.82, 2.24) is 15.1 Å². The molecule has 0 radical (unpaired) electrons. The number of amides is 3. The number of nitrogens with one attached hydrogen (secondary N) is 1. The van der Waals surface area contributed by atoms with Crippen LogP contribution in [0, 0.1) is 17.0 Å². The van der Waals surface area contributed by atoms with Crippen LogP contribution in [0.15, 0.2) is 18.2 Å². The summed E-state index contributed by atoms with van der Waals surface area (Å²) in [5, 5.41) is 13.7. The summed E-state index contributed by atoms with van der Waals surface area (Å²) in [6.45, 7) is 5.77. The molecule has 1 aromatic carbocycles. The lowest BCUT2D eigenvalue weighted by Crippen LogP contribution is -2.53. The van der Waals surface area contributed by atoms with Crippen molar-refractivity contribution < 1.29 is 14.5 Å². The minimum Gasteiger partial charge on any atom is -0.338 e. The third-order valence-electron chi connectivity index (χ3n) is 3.83. The molecular formula is C15H20N4O4. The van der Waals surface area contributed by atoms with Crippen molar-refractivity contribution >= 4 is 17.6 Å². The second-order valence-electron chi connectivity index (χ2n) is 5.37. The number of urea groups is 1. The van der Waals surface area contributed by atoms with Crippen molar-refractivity contribution in [2.45, 2.75) is 13.8 Å². The summed E-state index contributed by atoms with van der Waals surface area (Å²) in [5.74, 6) is -0.247. The van der Waals surface area contributed by atoms with E-state index in [0.717, 1.165) is 0 Å². The first-order valence-corrected chi connectivity index (χ1v) is 7.51. The highest BCUT2D eigenvalue weighted by Gasteiger charge is 2.25. The van der Waals surface area contributed by atoms with Gasteiger partial charge in [0.1, 0.15) is 0 Å². The van der Waals surface area contributed by atoms with Crippen LogP contribution in [0.3, 0.4) is 0 Å². The fourth-order valence-electron chi connectivity index (χ4n) is 2.50. The van der Waals surface area contributed by atoms with Crippen molar-refractivity contribution in [3.63, 3.8) is 0 Å². The fourth-order valence-corrected chi connectivity index (χ4v) is 2.50. The molecule has 1 aliphatic rings. The van der Waals surface area contributed by atoms with Crippen molar-refractivity contribution in [3.8, 4) is 0 Å². The highest BCUT2D eigenvalue weighted by molar-refractivity contribution is 5.95. The van der Waals surface area contributed by atoms with Gasteiger partial charge in [-0.3, -0.25) is 14.9 Å². The molecule has 0 bridgehead atoms. The maximum absolute atomic E-state index is 12.5. The molecule has 0 unspecified atom stereocenters. The first-order valence-electron chi connectivity index (χ1n) is 7.51. The molecule has 8 nitrogen and oxygen atoms in total. The summed E-state index contributed by atoms with van der Waals surface area (Å²) in [4.78, 5) is 38.0. The Morgan fingerprint density at radius 1 is 1.22 bits per heavy atom. The predicted octanol–water partition coefficient (Wildman–Crippen LogP) is 1.39. The van der Waals surface area contributed by atoms with Gasteiger partial charge < -0.3 is 15.1 Å². The van der Waals surface area contributed by atoms with Crippen LogP contribution in [-0.4, -0.2) is 59.4 Å². The zero-order valence-corrected chi connectivity index (χ0v) is 13.2. The van der Waals surface area contributed by atoms with Gasteiger partial charge in [-0.1, -0.05) is 6.07 Å². The number of carbonyl (C=O) groups excluding carboxylic acids is 2. The molecule has 124 valence electrons. The lowest BCUT2D eigenvalue weighted by atomic mass is 10.1. The Kier molecular flexibility index (Phi) is 5.15. The number of nitro groups is 1. The topological polar surface area (TPSA) is 95.8 Å². The van der Waals surface area contributed by atoms with Crippen LogP contribution in [0.25, 0.3) is 0 Å². The van der Waals surface area contributed by atoms with Gasteiger partial charge in [-0.2, -0.15) is 0 Å². The Bertz CT molecular complexity index is 624. The van der Waals surface area contributed by atoms with Gasteiger partial charge in [0, 0.05) is 49.9 Å². The number of aryl methyl sites for hydroxylation is 1. The summed E-state index contributed by atoms with van der Waals surface area (Å²) in [5.41, 5.74) is 0.762. The van der Waals surface area contributed by atoms with Gasteiger partial charge in [0.25, 0.3) is 11.6 Å². The van der Waals surface area contributed by atoms with Gasteiger partial charge in [0.2, 0.25) is 0 Å². The van der Waals surface area contributed by atoms with Crippen molar-refractivity contribution in [2.75, 3.05) is 32.7 Å². The summed E-state index contributed by atoms with van der Waals surface area (Å²) < 4.78 is 0. The van der Waals surface area contributed by atoms with E-state index in [4.69, 9.17) is 0 Å². The minimum absolute atomic E-state index is 0.0585. The summed E-state index contributed by atoms with van der Waals surface area (Å²) in [7, 11) is 0. The molecular weight excluding hydrogens is 300 g/mol. The number of piperazine rings is 1. The maximum Gasteiger partial charge on any atom is 0.317 e. The highest BCUT2D eigenvalue weighted by atomic mass is 16.6. The van der Waals surface area contributed by atoms with Crippen LogP contribution in [0.2, 0.25) is 0 Å². The zero-order chi connectivity index (χ0) is 17.0. The SMILES string of the molecule is CCNC(=O)N1CCN(C(=O)c2ccc(C)c([N+](=O)[O-])c2)CC1. The van der Waals surface area contributed by atoms with Crippen LogP contribution < -0.4 is 5.32 Å². The quantitative estimate of drug-likeness (QED) is 0.672. The van der Waals surface area contributed by atoms with E-state index in [0.29, 0.717) is 43.9 Å². The largest absolute Gasteiger partial charge is 0.338 e. The molecule has 3 amide bonds. The smallest absolute Gasteiger partial charge is 0.317 e. The van der Waals surface area contributed by atoms with E-state index in [-0.39, 0.29) is 17.6 Å². The van der Waals surface area contributed by atoms with Crippen LogP contribution in [0.4, 0.5) is 10.5 Å². The van der Waals surface area contributed by atoms with Crippen LogP contribution in [0.1, 0.15) is 22.8 Å². The molecule has 0 spiro atoms. The van der Waals surface area contributed by atoms with Crippen LogP contribution in [0.5, 0.6) is 0 Å². The van der Waals surface area contributed by atoms with E-state index in [1.165, 1.54) is 6.07 Å². The zero-order valence-electron chi connectivity index (χ0n) is 13.2. The Labute approximate surface area is 134 Å². The molecule has 1 heterocycles. The Morgan fingerprint density at radius 3 is 2.39 bits per heavy atom. The van der Waals surface area contributed by atoms with Crippen molar-refractivity contribution in [2.24, 2.45) is 0 Å². The molecule has 1 N–H and O–H groups in total. The number of nitrogens with zero attached hydrogens (tertiary/aromatic N) is 3. The lowest BCUT2D eigenvalue weighted by molar-refractivity contribution is -0.385. The number of hydrogen-bond donors (Lipinski definition) is 1. The Hall–Kier alpha value is -2.64. The van der Waals surface area contributed by atoms with E-state index >= 15 is 0 Å². The van der Waals surface area contributed by atoms with Crippen LogP contribution in [-0.2, 0) is 0 Å². The summed E-state index contributed by atoms with van der Waals surface area (Å²) in [6, 6.07) is 4.36. The molecule has 1 saturated heterocycles. The number of hydrogen-bond acceptors (Lipinski definition) is 4. The van der Waals surface area contributed by atoms with E-state index in [1.54, 1.807) is 28.9 Å². The van der Waals surface area contributed by atoms with Gasteiger partial charge in [0.15, 0.2) is 0 Å². The molecule has 23 heavy (non-hydrogen) atoms. The number of rotatable bonds is 3. The van der Waals surface area contributed by atoms with E-state index in [2.05, 4.69) is 5.32 Å². The van der Waals surface area contributed by atoms with E-state index < -0.39 is 4.92 Å². The summed E-state index contributed by atoms with van der Waals surface area (Å²) >= 11 is 0. The lowest BCUT2D eigenvalue weighted by Gasteiger charge is -2.34. The third kappa shape index (κ3) is 3.77. The molecule has 1 aliphatic heterocycles. The van der Waals surface area contributed by atoms with E-state index in [1.807, 2.05) is 6.92 Å². The maximum atomic E-state index is 12.5. The van der Waals surface area contributed by atoms with Crippen LogP contribution >= 0.6 is 0 Å². The second-order valence-corrected chi connectivity index (χ2v) is 5.37. The average Bonchev–Trinajstić information content (AvgIpc) is 2.54. The number of carbonyl (C=O) groups is 2. The highest BCUT2D eigenvalue weighted by Crippen LogP contribution is 2.20. The predicted molar refractivity (Wildman–Crippen MR) is 84.4 cm³/mol. The van der Waals surface area contributed by atoms with Crippen molar-refractivity contribution in [1.29, 1.82) is 0 Å². The standard InChI is InChI=1S/C15H20N4O4/c1-3-16-15(21)18-8-6-17(7-9-18)14(20)12-5-4-11(2)13(10-12)19(22)23/h4-5,10H,3,6-9H2,1-2H3,(H,16,21). The number of nitro benzene ring substituents is 1. The van der Waals surface area contributed by atoms with E-state index in [9.17, 15) is 19.7 Å². The van der Waals surface area contributed by atoms with Gasteiger partial charge in [0.05, 0.1) is 4.92 Å².